The Morgan fingerprint density at radius 3 is 2.42 bits per heavy atom. The molecule has 12 heavy (non-hydrogen) atoms. The minimum absolute atomic E-state index is 0.0613. The quantitative estimate of drug-likeness (QED) is 0.430. The average Bonchev–Trinajstić information content (AvgIpc) is 1.82. The summed E-state index contributed by atoms with van der Waals surface area (Å²) in [6.45, 7) is 8.33. The molecule has 0 fully saturated rings. The molecule has 0 unspecified atom stereocenters. The molecule has 1 rings (SSSR count). The van der Waals surface area contributed by atoms with Crippen molar-refractivity contribution in [2.24, 2.45) is 5.41 Å². The van der Waals surface area contributed by atoms with E-state index in [0.29, 0.717) is 0 Å². The first-order valence-electron chi connectivity index (χ1n) is 4.31. The summed E-state index contributed by atoms with van der Waals surface area (Å²) in [5, 5.41) is 0. The van der Waals surface area contributed by atoms with Gasteiger partial charge in [-0.25, -0.2) is 0 Å². The van der Waals surface area contributed by atoms with Crippen molar-refractivity contribution in [3.8, 4) is 0 Å². The Bertz CT molecular complexity index is 267. The lowest BCUT2D eigenvalue weighted by Crippen LogP contribution is -2.18. The van der Waals surface area contributed by atoms with E-state index in [1.807, 2.05) is 6.92 Å². The SMILES string of the molecule is CC1=CC(C)(C)C(C=O)=C(C)C1. The van der Waals surface area contributed by atoms with Crippen LogP contribution in [0, 0.1) is 5.41 Å². The highest BCUT2D eigenvalue weighted by molar-refractivity contribution is 5.78. The van der Waals surface area contributed by atoms with Crippen molar-refractivity contribution in [3.05, 3.63) is 22.8 Å². The zero-order chi connectivity index (χ0) is 9.35. The number of aldehydes is 1. The first kappa shape index (κ1) is 9.24. The maximum Gasteiger partial charge on any atom is 0.146 e. The minimum Gasteiger partial charge on any atom is -0.298 e. The molecule has 0 saturated carbocycles. The second-order valence-corrected chi connectivity index (χ2v) is 4.20. The molecule has 0 aromatic heterocycles. The van der Waals surface area contributed by atoms with Crippen LogP contribution in [0.2, 0.25) is 0 Å². The first-order valence-corrected chi connectivity index (χ1v) is 4.31. The molecule has 1 nitrogen and oxygen atoms in total. The van der Waals surface area contributed by atoms with Gasteiger partial charge in [0.1, 0.15) is 6.29 Å². The molecule has 0 heterocycles. The normalized spacial score (nSPS) is 22.2. The topological polar surface area (TPSA) is 17.1 Å². The van der Waals surface area contributed by atoms with Crippen LogP contribution in [-0.4, -0.2) is 6.29 Å². The van der Waals surface area contributed by atoms with Crippen molar-refractivity contribution in [2.75, 3.05) is 0 Å². The van der Waals surface area contributed by atoms with Gasteiger partial charge in [-0.15, -0.1) is 0 Å². The number of carbonyl (C=O) groups is 1. The third-order valence-corrected chi connectivity index (χ3v) is 2.42. The highest BCUT2D eigenvalue weighted by Crippen LogP contribution is 2.36. The second-order valence-electron chi connectivity index (χ2n) is 4.20. The van der Waals surface area contributed by atoms with Crippen molar-refractivity contribution in [2.45, 2.75) is 34.1 Å². The lowest BCUT2D eigenvalue weighted by atomic mass is 9.76. The van der Waals surface area contributed by atoms with Gasteiger partial charge in [0.05, 0.1) is 0 Å². The summed E-state index contributed by atoms with van der Waals surface area (Å²) in [6.07, 6.45) is 4.14. The lowest BCUT2D eigenvalue weighted by Gasteiger charge is -2.28. The zero-order valence-corrected chi connectivity index (χ0v) is 8.27. The summed E-state index contributed by atoms with van der Waals surface area (Å²) in [7, 11) is 0. The molecule has 0 aliphatic heterocycles. The van der Waals surface area contributed by atoms with E-state index in [4.69, 9.17) is 0 Å². The summed E-state index contributed by atoms with van der Waals surface area (Å²) in [5.41, 5.74) is 3.47. The fourth-order valence-electron chi connectivity index (χ4n) is 2.06. The maximum atomic E-state index is 10.8. The maximum absolute atomic E-state index is 10.8. The van der Waals surface area contributed by atoms with Crippen LogP contribution in [-0.2, 0) is 4.79 Å². The van der Waals surface area contributed by atoms with Crippen LogP contribution >= 0.6 is 0 Å². The molecule has 66 valence electrons. The number of hydrogen-bond acceptors (Lipinski definition) is 1. The molecule has 0 aromatic rings. The largest absolute Gasteiger partial charge is 0.298 e. The van der Waals surface area contributed by atoms with Gasteiger partial charge in [0.2, 0.25) is 0 Å². The molecule has 0 spiro atoms. The van der Waals surface area contributed by atoms with Gasteiger partial charge in [-0.2, -0.15) is 0 Å². The Labute approximate surface area is 74.2 Å². The summed E-state index contributed by atoms with van der Waals surface area (Å²) < 4.78 is 0. The van der Waals surface area contributed by atoms with Gasteiger partial charge in [-0.05, 0) is 20.3 Å². The standard InChI is InChI=1S/C11H16O/c1-8-5-9(2)10(7-12)11(3,4)6-8/h6-7H,5H2,1-4H3. The van der Waals surface area contributed by atoms with Gasteiger partial charge in [0, 0.05) is 11.0 Å². The number of carbonyl (C=O) groups excluding carboxylic acids is 1. The molecule has 1 aliphatic carbocycles. The van der Waals surface area contributed by atoms with E-state index in [-0.39, 0.29) is 5.41 Å². The van der Waals surface area contributed by atoms with Crippen molar-refractivity contribution < 1.29 is 4.79 Å². The van der Waals surface area contributed by atoms with Gasteiger partial charge < -0.3 is 0 Å². The van der Waals surface area contributed by atoms with Crippen LogP contribution in [0.25, 0.3) is 0 Å². The van der Waals surface area contributed by atoms with E-state index in [9.17, 15) is 4.79 Å². The van der Waals surface area contributed by atoms with Gasteiger partial charge in [-0.3, -0.25) is 4.79 Å². The molecule has 1 heteroatoms. The Kier molecular flexibility index (Phi) is 2.22. The smallest absolute Gasteiger partial charge is 0.146 e. The van der Waals surface area contributed by atoms with Crippen molar-refractivity contribution in [3.63, 3.8) is 0 Å². The van der Waals surface area contributed by atoms with Crippen LogP contribution in [0.15, 0.2) is 22.8 Å². The summed E-state index contributed by atoms with van der Waals surface area (Å²) >= 11 is 0. The van der Waals surface area contributed by atoms with Gasteiger partial charge in [-0.1, -0.05) is 31.1 Å². The predicted molar refractivity (Wildman–Crippen MR) is 50.9 cm³/mol. The van der Waals surface area contributed by atoms with Crippen LogP contribution in [0.5, 0.6) is 0 Å². The fourth-order valence-corrected chi connectivity index (χ4v) is 2.06. The highest BCUT2D eigenvalue weighted by Gasteiger charge is 2.25. The van der Waals surface area contributed by atoms with E-state index in [1.165, 1.54) is 11.1 Å². The van der Waals surface area contributed by atoms with Crippen LogP contribution in [0.4, 0.5) is 0 Å². The molecule has 0 aromatic carbocycles. The summed E-state index contributed by atoms with van der Waals surface area (Å²) in [6, 6.07) is 0. The Morgan fingerprint density at radius 1 is 1.42 bits per heavy atom. The zero-order valence-electron chi connectivity index (χ0n) is 8.27. The van der Waals surface area contributed by atoms with Crippen LogP contribution in [0.3, 0.4) is 0 Å². The van der Waals surface area contributed by atoms with Crippen molar-refractivity contribution in [1.29, 1.82) is 0 Å². The van der Waals surface area contributed by atoms with E-state index < -0.39 is 0 Å². The Balaban J connectivity index is 3.13. The van der Waals surface area contributed by atoms with Crippen molar-refractivity contribution in [1.82, 2.24) is 0 Å². The lowest BCUT2D eigenvalue weighted by molar-refractivity contribution is -0.105. The number of hydrogen-bond donors (Lipinski definition) is 0. The van der Waals surface area contributed by atoms with E-state index in [2.05, 4.69) is 26.8 Å². The first-order chi connectivity index (χ1) is 5.47. The van der Waals surface area contributed by atoms with E-state index in [1.54, 1.807) is 0 Å². The molecular formula is C11H16O. The van der Waals surface area contributed by atoms with E-state index >= 15 is 0 Å². The highest BCUT2D eigenvalue weighted by atomic mass is 16.1. The van der Waals surface area contributed by atoms with E-state index in [0.717, 1.165) is 18.3 Å². The number of rotatable bonds is 1. The average molecular weight is 164 g/mol. The molecule has 0 amide bonds. The van der Waals surface area contributed by atoms with Crippen LogP contribution in [0.1, 0.15) is 34.1 Å². The molecule has 0 bridgehead atoms. The molecular weight excluding hydrogens is 148 g/mol. The third-order valence-electron chi connectivity index (χ3n) is 2.42. The molecule has 0 N–H and O–H groups in total. The second kappa shape index (κ2) is 2.89. The number of allylic oxidation sites excluding steroid dienone is 4. The van der Waals surface area contributed by atoms with Crippen LogP contribution < -0.4 is 0 Å². The minimum atomic E-state index is -0.0613. The van der Waals surface area contributed by atoms with Crippen molar-refractivity contribution >= 4 is 6.29 Å². The monoisotopic (exact) mass is 164 g/mol. The summed E-state index contributed by atoms with van der Waals surface area (Å²) in [5.74, 6) is 0. The Morgan fingerprint density at radius 2 is 2.00 bits per heavy atom. The van der Waals surface area contributed by atoms with Gasteiger partial charge >= 0.3 is 0 Å². The predicted octanol–water partition coefficient (Wildman–Crippen LogP) is 2.88. The van der Waals surface area contributed by atoms with Gasteiger partial charge in [0.25, 0.3) is 0 Å². The van der Waals surface area contributed by atoms with Gasteiger partial charge in [0.15, 0.2) is 0 Å². The Hall–Kier alpha value is -0.850. The molecule has 0 saturated heterocycles. The third kappa shape index (κ3) is 1.50. The molecule has 0 atom stereocenters. The fraction of sp³-hybridized carbons (Fsp3) is 0.545. The molecule has 0 radical (unpaired) electrons. The molecule has 1 aliphatic rings. The summed E-state index contributed by atoms with van der Waals surface area (Å²) in [4.78, 5) is 10.8.